The molecule has 8 nitrogen and oxygen atoms in total. The average molecular weight is 600 g/mol. The van der Waals surface area contributed by atoms with Crippen LogP contribution in [0.25, 0.3) is 11.1 Å². The molecule has 2 unspecified atom stereocenters. The Bertz CT molecular complexity index is 1490. The summed E-state index contributed by atoms with van der Waals surface area (Å²) in [6.07, 6.45) is 3.76. The number of ether oxygens (including phenoxy) is 3. The molecule has 0 spiro atoms. The van der Waals surface area contributed by atoms with Crippen molar-refractivity contribution in [2.24, 2.45) is 0 Å². The van der Waals surface area contributed by atoms with Gasteiger partial charge in [-0.15, -0.1) is 0 Å². The minimum atomic E-state index is -0.988. The van der Waals surface area contributed by atoms with E-state index in [4.69, 9.17) is 25.8 Å². The molecule has 0 aliphatic carbocycles. The van der Waals surface area contributed by atoms with Gasteiger partial charge in [-0.05, 0) is 38.3 Å². The van der Waals surface area contributed by atoms with Gasteiger partial charge in [0.25, 0.3) is 11.8 Å². The Morgan fingerprint density at radius 3 is 2.79 bits per heavy atom. The number of rotatable bonds is 8. The molecule has 4 atom stereocenters. The lowest BCUT2D eigenvalue weighted by Crippen LogP contribution is -2.48. The number of aliphatic hydroxyl groups excluding tert-OH is 1. The molecule has 1 aromatic heterocycles. The third kappa shape index (κ3) is 5.10. The number of amides is 1. The van der Waals surface area contributed by atoms with Crippen molar-refractivity contribution in [1.29, 1.82) is 0 Å². The number of carbonyl (C=O) groups is 1. The van der Waals surface area contributed by atoms with Gasteiger partial charge < -0.3 is 30.0 Å². The number of carbonyl (C=O) groups excluding carboxylic acids is 1. The lowest BCUT2D eigenvalue weighted by Gasteiger charge is -2.35. The Labute approximate surface area is 247 Å². The second-order valence-electron chi connectivity index (χ2n) is 11.0. The Kier molecular flexibility index (Phi) is 8.06. The number of benzene rings is 2. The van der Waals surface area contributed by atoms with Crippen LogP contribution >= 0.6 is 11.6 Å². The third-order valence-electron chi connectivity index (χ3n) is 8.25. The second kappa shape index (κ2) is 11.8. The van der Waals surface area contributed by atoms with Gasteiger partial charge in [0.2, 0.25) is 0 Å². The second-order valence-corrected chi connectivity index (χ2v) is 11.4. The highest BCUT2D eigenvalue weighted by Crippen LogP contribution is 2.52. The fraction of sp³-hybridized carbons (Fsp3) is 0.419. The molecule has 3 aliphatic heterocycles. The van der Waals surface area contributed by atoms with Crippen molar-refractivity contribution in [1.82, 2.24) is 15.6 Å². The lowest BCUT2D eigenvalue weighted by atomic mass is 9.80. The van der Waals surface area contributed by atoms with E-state index >= 15 is 8.78 Å². The molecule has 0 saturated carbocycles. The Morgan fingerprint density at radius 2 is 2.10 bits per heavy atom. The van der Waals surface area contributed by atoms with E-state index in [-0.39, 0.29) is 65.3 Å². The van der Waals surface area contributed by atoms with E-state index < -0.39 is 29.0 Å². The number of fused-ring (bicyclic) bond motifs is 1. The summed E-state index contributed by atoms with van der Waals surface area (Å²) in [7, 11) is 0. The Balaban J connectivity index is 1.51. The largest absolute Gasteiger partial charge is 0.480 e. The summed E-state index contributed by atoms with van der Waals surface area (Å²) in [6.45, 7) is 2.42. The normalized spacial score (nSPS) is 24.8. The fourth-order valence-corrected chi connectivity index (χ4v) is 6.60. The summed E-state index contributed by atoms with van der Waals surface area (Å²) in [6, 6.07) is 10.5. The van der Waals surface area contributed by atoms with Gasteiger partial charge in [0, 0.05) is 35.4 Å². The monoisotopic (exact) mass is 599 g/mol. The number of hydrogen-bond acceptors (Lipinski definition) is 7. The van der Waals surface area contributed by atoms with Gasteiger partial charge >= 0.3 is 0 Å². The van der Waals surface area contributed by atoms with Crippen molar-refractivity contribution in [2.75, 3.05) is 26.4 Å². The van der Waals surface area contributed by atoms with Crippen molar-refractivity contribution in [3.8, 4) is 22.8 Å². The molecule has 0 bridgehead atoms. The first-order valence-corrected chi connectivity index (χ1v) is 14.5. The van der Waals surface area contributed by atoms with E-state index in [9.17, 15) is 9.90 Å². The van der Waals surface area contributed by atoms with Gasteiger partial charge in [-0.1, -0.05) is 41.9 Å². The molecule has 11 heteroatoms. The highest BCUT2D eigenvalue weighted by Gasteiger charge is 2.50. The predicted molar refractivity (Wildman–Crippen MR) is 152 cm³/mol. The van der Waals surface area contributed by atoms with E-state index in [0.29, 0.717) is 18.6 Å². The first-order chi connectivity index (χ1) is 20.3. The summed E-state index contributed by atoms with van der Waals surface area (Å²) in [5, 5.41) is 15.3. The van der Waals surface area contributed by atoms with Crippen molar-refractivity contribution >= 4 is 17.5 Å². The zero-order valence-corrected chi connectivity index (χ0v) is 23.8. The standard InChI is InChI=1S/C31H32ClF2N3O5/c1-17-12-19(16-41-17)37-29(39)21-15-36-30(40-11-10-38)28(34)26(21)25-20-14-31(24-8-5-9-35-24,18-6-3-2-4-7-18)42-23(20)13-22(33)27(25)32/h2-4,6-7,13,15,17,19,24,35,38H,5,8-12,14,16H2,1H3,(H,37,39)/t17?,19-,24?,31+/m1/s1. The molecule has 0 radical (unpaired) electrons. The van der Waals surface area contributed by atoms with E-state index in [1.165, 1.54) is 12.3 Å². The SMILES string of the molecule is CC1C[C@@H](NC(=O)c2cnc(OCCO)c(F)c2-c2c(Cl)c(F)cc3c2C[C@](c2ccccc2)(C2CCCN2)O3)CO1. The quantitative estimate of drug-likeness (QED) is 0.349. The maximum atomic E-state index is 16.4. The highest BCUT2D eigenvalue weighted by atomic mass is 35.5. The number of aliphatic hydroxyl groups is 1. The maximum Gasteiger partial charge on any atom is 0.253 e. The number of aromatic nitrogens is 1. The van der Waals surface area contributed by atoms with Gasteiger partial charge in [0.1, 0.15) is 18.2 Å². The van der Waals surface area contributed by atoms with Crippen LogP contribution in [0.5, 0.6) is 11.6 Å². The highest BCUT2D eigenvalue weighted by molar-refractivity contribution is 6.34. The average Bonchev–Trinajstić information content (AvgIpc) is 3.75. The summed E-state index contributed by atoms with van der Waals surface area (Å²) < 4.78 is 49.5. The van der Waals surface area contributed by atoms with Crippen LogP contribution in [0.15, 0.2) is 42.6 Å². The van der Waals surface area contributed by atoms with Crippen LogP contribution < -0.4 is 20.1 Å². The minimum absolute atomic E-state index is 0.0115. The van der Waals surface area contributed by atoms with Crippen LogP contribution in [0.2, 0.25) is 5.02 Å². The summed E-state index contributed by atoms with van der Waals surface area (Å²) in [4.78, 5) is 17.6. The molecule has 2 fully saturated rings. The molecular formula is C31H32ClF2N3O5. The predicted octanol–water partition coefficient (Wildman–Crippen LogP) is 4.54. The fourth-order valence-electron chi connectivity index (χ4n) is 6.33. The lowest BCUT2D eigenvalue weighted by molar-refractivity contribution is 0.0539. The van der Waals surface area contributed by atoms with Gasteiger partial charge in [0.15, 0.2) is 11.4 Å². The van der Waals surface area contributed by atoms with Crippen LogP contribution in [-0.4, -0.2) is 60.6 Å². The molecule has 42 heavy (non-hydrogen) atoms. The van der Waals surface area contributed by atoms with E-state index in [1.807, 2.05) is 37.3 Å². The maximum absolute atomic E-state index is 16.4. The third-order valence-corrected chi connectivity index (χ3v) is 8.62. The van der Waals surface area contributed by atoms with Crippen LogP contribution in [0.4, 0.5) is 8.78 Å². The minimum Gasteiger partial charge on any atom is -0.480 e. The summed E-state index contributed by atoms with van der Waals surface area (Å²) in [5.41, 5.74) is 0.0927. The van der Waals surface area contributed by atoms with Crippen LogP contribution in [-0.2, 0) is 16.8 Å². The number of nitrogens with one attached hydrogen (secondary N) is 2. The molecule has 4 heterocycles. The van der Waals surface area contributed by atoms with Crippen molar-refractivity contribution < 1.29 is 32.9 Å². The number of pyridine rings is 1. The van der Waals surface area contributed by atoms with Crippen molar-refractivity contribution in [2.45, 2.75) is 56.4 Å². The summed E-state index contributed by atoms with van der Waals surface area (Å²) >= 11 is 6.64. The van der Waals surface area contributed by atoms with Gasteiger partial charge in [0.05, 0.1) is 42.0 Å². The van der Waals surface area contributed by atoms with Gasteiger partial charge in [-0.3, -0.25) is 4.79 Å². The molecular weight excluding hydrogens is 568 g/mol. The first kappa shape index (κ1) is 28.8. The Morgan fingerprint density at radius 1 is 1.29 bits per heavy atom. The molecule has 3 aliphatic rings. The zero-order valence-electron chi connectivity index (χ0n) is 23.1. The number of hydrogen-bond donors (Lipinski definition) is 3. The topological polar surface area (TPSA) is 102 Å². The number of nitrogens with zero attached hydrogens (tertiary/aromatic N) is 1. The van der Waals surface area contributed by atoms with Crippen molar-refractivity contribution in [3.63, 3.8) is 0 Å². The van der Waals surface area contributed by atoms with E-state index in [0.717, 1.165) is 24.9 Å². The van der Waals surface area contributed by atoms with Gasteiger partial charge in [-0.25, -0.2) is 13.8 Å². The Hall–Kier alpha value is -3.31. The molecule has 1 amide bonds. The molecule has 6 rings (SSSR count). The smallest absolute Gasteiger partial charge is 0.253 e. The van der Waals surface area contributed by atoms with Crippen LogP contribution in [0, 0.1) is 11.6 Å². The van der Waals surface area contributed by atoms with Crippen LogP contribution in [0.1, 0.15) is 47.7 Å². The molecule has 2 saturated heterocycles. The molecule has 3 N–H and O–H groups in total. The van der Waals surface area contributed by atoms with Gasteiger partial charge in [-0.2, -0.15) is 0 Å². The summed E-state index contributed by atoms with van der Waals surface area (Å²) in [5.74, 6) is -2.62. The molecule has 222 valence electrons. The first-order valence-electron chi connectivity index (χ1n) is 14.2. The van der Waals surface area contributed by atoms with Crippen LogP contribution in [0.3, 0.4) is 0 Å². The number of halogens is 3. The molecule has 2 aromatic carbocycles. The zero-order chi connectivity index (χ0) is 29.4. The van der Waals surface area contributed by atoms with Crippen molar-refractivity contribution in [3.05, 3.63) is 75.9 Å². The van der Waals surface area contributed by atoms with E-state index in [2.05, 4.69) is 15.6 Å². The van der Waals surface area contributed by atoms with E-state index in [1.54, 1.807) is 0 Å². The molecule has 3 aromatic rings.